The van der Waals surface area contributed by atoms with E-state index in [1.807, 2.05) is 14.0 Å². The Morgan fingerprint density at radius 2 is 1.85 bits per heavy atom. The number of carbonyl (C=O) groups excluding carboxylic acids is 1. The Morgan fingerprint density at radius 1 is 1.00 bits per heavy atom. The summed E-state index contributed by atoms with van der Waals surface area (Å²) in [6, 6.07) is 10.7. The van der Waals surface area contributed by atoms with Crippen molar-refractivity contribution in [1.29, 1.82) is 0 Å². The number of aryl methyl sites for hydroxylation is 1. The molecule has 0 aliphatic carbocycles. The van der Waals surface area contributed by atoms with E-state index in [1.165, 1.54) is 12.1 Å². The van der Waals surface area contributed by atoms with Crippen LogP contribution in [0.25, 0.3) is 11.4 Å². The standard InChI is InChI=1S/C29H28F3N7O/c1-18-5-6-20(15-25(18)38-28-35-10-9-24(37-28)26-16-33-11-12-34-26)27(40)36-23-8-7-19(14-22(23)29(30,31)32)21-4-3-13-39(2)17-21/h5-12,14-16,21H,3-4,13,17H2,1-2H3,(H,36,40)(H,35,37,38). The Labute approximate surface area is 229 Å². The minimum Gasteiger partial charge on any atom is -0.324 e. The van der Waals surface area contributed by atoms with Crippen molar-refractivity contribution in [2.45, 2.75) is 31.9 Å². The fraction of sp³-hybridized carbons (Fsp3) is 0.276. The number of rotatable bonds is 6. The Hall–Kier alpha value is -4.38. The van der Waals surface area contributed by atoms with Crippen LogP contribution >= 0.6 is 0 Å². The number of likely N-dealkylation sites (N-methyl/N-ethyl adjacent to an activating group) is 1. The lowest BCUT2D eigenvalue weighted by molar-refractivity contribution is -0.137. The number of halogens is 3. The van der Waals surface area contributed by atoms with Crippen LogP contribution in [0.15, 0.2) is 67.3 Å². The number of piperidine rings is 1. The maximum Gasteiger partial charge on any atom is 0.418 e. The number of amides is 1. The van der Waals surface area contributed by atoms with Crippen molar-refractivity contribution in [3.05, 3.63) is 89.5 Å². The van der Waals surface area contributed by atoms with Crippen LogP contribution in [-0.2, 0) is 6.18 Å². The third kappa shape index (κ3) is 6.26. The van der Waals surface area contributed by atoms with Gasteiger partial charge in [-0.15, -0.1) is 0 Å². The number of aromatic nitrogens is 4. The summed E-state index contributed by atoms with van der Waals surface area (Å²) in [4.78, 5) is 32.2. The second kappa shape index (κ2) is 11.4. The lowest BCUT2D eigenvalue weighted by Gasteiger charge is -2.30. The molecule has 1 saturated heterocycles. The fourth-order valence-corrected chi connectivity index (χ4v) is 4.80. The highest BCUT2D eigenvalue weighted by Gasteiger charge is 2.35. The van der Waals surface area contributed by atoms with Gasteiger partial charge >= 0.3 is 6.18 Å². The molecule has 2 aromatic heterocycles. The smallest absolute Gasteiger partial charge is 0.324 e. The molecule has 4 aromatic rings. The first-order valence-corrected chi connectivity index (χ1v) is 12.9. The highest BCUT2D eigenvalue weighted by atomic mass is 19.4. The van der Waals surface area contributed by atoms with Crippen molar-refractivity contribution < 1.29 is 18.0 Å². The summed E-state index contributed by atoms with van der Waals surface area (Å²) in [6.45, 7) is 3.47. The van der Waals surface area contributed by atoms with Gasteiger partial charge in [-0.1, -0.05) is 12.1 Å². The normalized spacial score (nSPS) is 16.0. The number of nitrogens with one attached hydrogen (secondary N) is 2. The average molecular weight is 548 g/mol. The molecule has 0 bridgehead atoms. The van der Waals surface area contributed by atoms with E-state index in [1.54, 1.807) is 55.1 Å². The first-order chi connectivity index (χ1) is 19.2. The monoisotopic (exact) mass is 547 g/mol. The van der Waals surface area contributed by atoms with E-state index < -0.39 is 17.6 Å². The zero-order valence-corrected chi connectivity index (χ0v) is 22.0. The van der Waals surface area contributed by atoms with Gasteiger partial charge < -0.3 is 15.5 Å². The number of alkyl halides is 3. The van der Waals surface area contributed by atoms with Gasteiger partial charge in [-0.25, -0.2) is 9.97 Å². The van der Waals surface area contributed by atoms with E-state index in [-0.39, 0.29) is 23.1 Å². The van der Waals surface area contributed by atoms with Crippen LogP contribution in [0.1, 0.15) is 45.8 Å². The summed E-state index contributed by atoms with van der Waals surface area (Å²) in [6.07, 6.45) is 3.41. The molecule has 1 fully saturated rings. The first-order valence-electron chi connectivity index (χ1n) is 12.9. The number of benzene rings is 2. The highest BCUT2D eigenvalue weighted by molar-refractivity contribution is 6.05. The van der Waals surface area contributed by atoms with Crippen LogP contribution in [0.4, 0.5) is 30.5 Å². The molecule has 1 aliphatic heterocycles. The molecule has 0 saturated carbocycles. The van der Waals surface area contributed by atoms with Crippen LogP contribution in [-0.4, -0.2) is 50.9 Å². The fourth-order valence-electron chi connectivity index (χ4n) is 4.80. The van der Waals surface area contributed by atoms with E-state index in [9.17, 15) is 18.0 Å². The van der Waals surface area contributed by atoms with Gasteiger partial charge in [-0.2, -0.15) is 13.2 Å². The molecule has 2 aromatic carbocycles. The number of anilines is 3. The molecular formula is C29H28F3N7O. The Kier molecular flexibility index (Phi) is 7.74. The number of likely N-dealkylation sites (tertiary alicyclic amines) is 1. The van der Waals surface area contributed by atoms with Crippen molar-refractivity contribution in [2.75, 3.05) is 30.8 Å². The summed E-state index contributed by atoms with van der Waals surface area (Å²) >= 11 is 0. The van der Waals surface area contributed by atoms with Crippen LogP contribution in [0.3, 0.4) is 0 Å². The molecule has 5 rings (SSSR count). The van der Waals surface area contributed by atoms with Gasteiger partial charge in [0.25, 0.3) is 5.91 Å². The lowest BCUT2D eigenvalue weighted by Crippen LogP contribution is -2.31. The zero-order valence-electron chi connectivity index (χ0n) is 22.0. The molecule has 40 heavy (non-hydrogen) atoms. The van der Waals surface area contributed by atoms with E-state index in [0.29, 0.717) is 29.2 Å². The maximum atomic E-state index is 14.0. The summed E-state index contributed by atoms with van der Waals surface area (Å²) in [5.74, 6) is -0.370. The van der Waals surface area contributed by atoms with Crippen LogP contribution in [0.5, 0.6) is 0 Å². The molecule has 1 amide bonds. The predicted octanol–water partition coefficient (Wildman–Crippen LogP) is 6.07. The molecule has 0 radical (unpaired) electrons. The van der Waals surface area contributed by atoms with E-state index in [2.05, 4.69) is 35.5 Å². The Balaban J connectivity index is 1.37. The highest BCUT2D eigenvalue weighted by Crippen LogP contribution is 2.38. The van der Waals surface area contributed by atoms with Crippen molar-refractivity contribution in [3.8, 4) is 11.4 Å². The molecule has 11 heteroatoms. The maximum absolute atomic E-state index is 14.0. The number of hydrogen-bond acceptors (Lipinski definition) is 7. The van der Waals surface area contributed by atoms with Gasteiger partial charge in [-0.3, -0.25) is 14.8 Å². The quantitative estimate of drug-likeness (QED) is 0.303. The summed E-state index contributed by atoms with van der Waals surface area (Å²) in [5.41, 5.74) is 2.14. The first kappa shape index (κ1) is 27.2. The molecule has 1 atom stereocenters. The SMILES string of the molecule is Cc1ccc(C(=O)Nc2ccc(C3CCCN(C)C3)cc2C(F)(F)F)cc1Nc1nccc(-c2cnccn2)n1. The van der Waals surface area contributed by atoms with Gasteiger partial charge in [0, 0.05) is 36.4 Å². The molecule has 206 valence electrons. The van der Waals surface area contributed by atoms with Gasteiger partial charge in [0.05, 0.1) is 23.1 Å². The second-order valence-electron chi connectivity index (χ2n) is 9.87. The zero-order chi connectivity index (χ0) is 28.3. The minimum absolute atomic E-state index is 0.0185. The van der Waals surface area contributed by atoms with Crippen molar-refractivity contribution in [1.82, 2.24) is 24.8 Å². The molecule has 1 aliphatic rings. The largest absolute Gasteiger partial charge is 0.418 e. The van der Waals surface area contributed by atoms with Gasteiger partial charge in [-0.05, 0) is 80.7 Å². The summed E-state index contributed by atoms with van der Waals surface area (Å²) < 4.78 is 42.1. The number of hydrogen-bond donors (Lipinski definition) is 2. The number of nitrogens with zero attached hydrogens (tertiary/aromatic N) is 5. The minimum atomic E-state index is -4.62. The van der Waals surface area contributed by atoms with E-state index in [0.717, 1.165) is 24.9 Å². The topological polar surface area (TPSA) is 95.9 Å². The molecule has 3 heterocycles. The van der Waals surface area contributed by atoms with Gasteiger partial charge in [0.1, 0.15) is 5.69 Å². The summed E-state index contributed by atoms with van der Waals surface area (Å²) in [7, 11) is 1.97. The second-order valence-corrected chi connectivity index (χ2v) is 9.87. The third-order valence-electron chi connectivity index (χ3n) is 6.92. The molecule has 8 nitrogen and oxygen atoms in total. The lowest BCUT2D eigenvalue weighted by atomic mass is 9.89. The third-order valence-corrected chi connectivity index (χ3v) is 6.92. The van der Waals surface area contributed by atoms with Crippen molar-refractivity contribution >= 4 is 23.2 Å². The van der Waals surface area contributed by atoms with E-state index in [4.69, 9.17) is 0 Å². The van der Waals surface area contributed by atoms with Gasteiger partial charge in [0.2, 0.25) is 5.95 Å². The van der Waals surface area contributed by atoms with E-state index >= 15 is 0 Å². The Bertz CT molecular complexity index is 1510. The molecule has 2 N–H and O–H groups in total. The predicted molar refractivity (Wildman–Crippen MR) is 146 cm³/mol. The Morgan fingerprint density at radius 3 is 2.60 bits per heavy atom. The molecule has 0 spiro atoms. The van der Waals surface area contributed by atoms with Crippen LogP contribution in [0.2, 0.25) is 0 Å². The molecule has 1 unspecified atom stereocenters. The van der Waals surface area contributed by atoms with Crippen LogP contribution in [0, 0.1) is 6.92 Å². The van der Waals surface area contributed by atoms with Gasteiger partial charge in [0.15, 0.2) is 0 Å². The van der Waals surface area contributed by atoms with Crippen molar-refractivity contribution in [3.63, 3.8) is 0 Å². The number of carbonyl (C=O) groups is 1. The summed E-state index contributed by atoms with van der Waals surface area (Å²) in [5, 5.41) is 5.56. The van der Waals surface area contributed by atoms with Crippen LogP contribution < -0.4 is 10.6 Å². The van der Waals surface area contributed by atoms with Crippen molar-refractivity contribution in [2.24, 2.45) is 0 Å². The molecular weight excluding hydrogens is 519 g/mol. The average Bonchev–Trinajstić information content (AvgIpc) is 2.94.